The number of amides is 2. The molecule has 2 heterocycles. The minimum Gasteiger partial charge on any atom is -0.378 e. The fraction of sp³-hybridized carbons (Fsp3) is 0.310. The van der Waals surface area contributed by atoms with E-state index in [-0.39, 0.29) is 11.8 Å². The molecule has 5 rings (SSSR count). The van der Waals surface area contributed by atoms with E-state index in [1.165, 1.54) is 5.56 Å². The van der Waals surface area contributed by atoms with Gasteiger partial charge in [0.15, 0.2) is 0 Å². The Morgan fingerprint density at radius 2 is 1.54 bits per heavy atom. The van der Waals surface area contributed by atoms with Crippen LogP contribution in [0.4, 0.5) is 11.4 Å². The van der Waals surface area contributed by atoms with Crippen LogP contribution in [0.25, 0.3) is 0 Å². The number of hydrogen-bond acceptors (Lipinski definition) is 5. The topological polar surface area (TPSA) is 65.1 Å². The maximum atomic E-state index is 13.6. The number of nitrogens with one attached hydrogen (secondary N) is 1. The fourth-order valence-electron chi connectivity index (χ4n) is 4.79. The number of morpholine rings is 1. The van der Waals surface area contributed by atoms with Crippen LogP contribution in [0.3, 0.4) is 0 Å². The first kappa shape index (κ1) is 25.3. The lowest BCUT2D eigenvalue weighted by atomic mass is 10.1. The summed E-state index contributed by atoms with van der Waals surface area (Å²) in [6, 6.07) is 22.9. The molecule has 0 radical (unpaired) electrons. The van der Waals surface area contributed by atoms with Gasteiger partial charge in [-0.25, -0.2) is 0 Å². The van der Waals surface area contributed by atoms with Crippen LogP contribution in [0.2, 0.25) is 5.02 Å². The first-order valence-corrected chi connectivity index (χ1v) is 13.0. The van der Waals surface area contributed by atoms with Gasteiger partial charge < -0.3 is 19.9 Å². The second-order valence-electron chi connectivity index (χ2n) is 9.35. The van der Waals surface area contributed by atoms with Gasteiger partial charge in [-0.2, -0.15) is 0 Å². The average molecular weight is 519 g/mol. The van der Waals surface area contributed by atoms with Gasteiger partial charge in [0.05, 0.1) is 18.8 Å². The minimum atomic E-state index is -0.247. The Hall–Kier alpha value is -3.39. The Balaban J connectivity index is 1.34. The monoisotopic (exact) mass is 518 g/mol. The van der Waals surface area contributed by atoms with Gasteiger partial charge in [0.2, 0.25) is 0 Å². The molecule has 0 saturated carbocycles. The zero-order valence-electron chi connectivity index (χ0n) is 20.7. The number of halogens is 1. The molecule has 192 valence electrons. The quantitative estimate of drug-likeness (QED) is 0.524. The lowest BCUT2D eigenvalue weighted by Gasteiger charge is -2.37. The van der Waals surface area contributed by atoms with Gasteiger partial charge in [0.25, 0.3) is 11.8 Å². The number of ether oxygens (including phenoxy) is 1. The van der Waals surface area contributed by atoms with E-state index in [0.29, 0.717) is 48.1 Å². The molecule has 2 saturated heterocycles. The van der Waals surface area contributed by atoms with Crippen LogP contribution in [-0.4, -0.2) is 74.1 Å². The smallest absolute Gasteiger partial charge is 0.256 e. The zero-order chi connectivity index (χ0) is 25.6. The van der Waals surface area contributed by atoms with E-state index in [1.807, 2.05) is 23.1 Å². The van der Waals surface area contributed by atoms with Gasteiger partial charge in [-0.15, -0.1) is 0 Å². The summed E-state index contributed by atoms with van der Waals surface area (Å²) in [4.78, 5) is 33.0. The normalized spacial score (nSPS) is 16.5. The highest BCUT2D eigenvalue weighted by Crippen LogP contribution is 2.28. The third-order valence-corrected chi connectivity index (χ3v) is 7.10. The number of rotatable bonds is 6. The molecule has 2 amide bonds. The highest BCUT2D eigenvalue weighted by atomic mass is 35.5. The average Bonchev–Trinajstić information content (AvgIpc) is 2.94. The molecule has 7 nitrogen and oxygen atoms in total. The molecule has 2 fully saturated rings. The second kappa shape index (κ2) is 11.8. The van der Waals surface area contributed by atoms with E-state index in [1.54, 1.807) is 30.3 Å². The lowest BCUT2D eigenvalue weighted by molar-refractivity contribution is 0.0303. The number of hydrogen-bond donors (Lipinski definition) is 1. The van der Waals surface area contributed by atoms with Crippen LogP contribution < -0.4 is 10.2 Å². The van der Waals surface area contributed by atoms with Crippen molar-refractivity contribution < 1.29 is 14.3 Å². The number of carbonyl (C=O) groups excluding carboxylic acids is 2. The second-order valence-corrected chi connectivity index (χ2v) is 9.78. The van der Waals surface area contributed by atoms with Crippen molar-refractivity contribution in [1.82, 2.24) is 9.80 Å². The van der Waals surface area contributed by atoms with Gasteiger partial charge in [0.1, 0.15) is 0 Å². The molecule has 2 aliphatic rings. The minimum absolute atomic E-state index is 0.0346. The summed E-state index contributed by atoms with van der Waals surface area (Å²) in [6.45, 7) is 6.58. The van der Waals surface area contributed by atoms with Crippen LogP contribution in [0.15, 0.2) is 72.8 Å². The first-order valence-electron chi connectivity index (χ1n) is 12.7. The van der Waals surface area contributed by atoms with Crippen molar-refractivity contribution in [3.8, 4) is 0 Å². The van der Waals surface area contributed by atoms with Crippen molar-refractivity contribution in [3.63, 3.8) is 0 Å². The molecular weight excluding hydrogens is 488 g/mol. The summed E-state index contributed by atoms with van der Waals surface area (Å²) < 4.78 is 5.45. The van der Waals surface area contributed by atoms with E-state index in [9.17, 15) is 9.59 Å². The number of piperazine rings is 1. The predicted octanol–water partition coefficient (Wildman–Crippen LogP) is 4.39. The van der Waals surface area contributed by atoms with E-state index in [4.69, 9.17) is 16.3 Å². The van der Waals surface area contributed by atoms with Crippen molar-refractivity contribution in [1.29, 1.82) is 0 Å². The summed E-state index contributed by atoms with van der Waals surface area (Å²) in [5.41, 5.74) is 3.90. The maximum absolute atomic E-state index is 13.6. The van der Waals surface area contributed by atoms with Crippen LogP contribution in [0, 0.1) is 0 Å². The summed E-state index contributed by atoms with van der Waals surface area (Å²) in [5.74, 6) is -0.281. The maximum Gasteiger partial charge on any atom is 0.256 e. The molecule has 0 unspecified atom stereocenters. The molecular formula is C29H31ClN4O3. The molecule has 0 spiro atoms. The van der Waals surface area contributed by atoms with Gasteiger partial charge >= 0.3 is 0 Å². The van der Waals surface area contributed by atoms with Crippen molar-refractivity contribution in [2.75, 3.05) is 62.7 Å². The molecule has 0 bridgehead atoms. The summed E-state index contributed by atoms with van der Waals surface area (Å²) in [7, 11) is 0. The number of anilines is 2. The first-order chi connectivity index (χ1) is 18.1. The Bertz CT molecular complexity index is 1220. The lowest BCUT2D eigenvalue weighted by Crippen LogP contribution is -2.47. The predicted molar refractivity (Wildman–Crippen MR) is 147 cm³/mol. The molecule has 0 aromatic heterocycles. The van der Waals surface area contributed by atoms with Crippen LogP contribution in [0.5, 0.6) is 0 Å². The van der Waals surface area contributed by atoms with Crippen LogP contribution in [0.1, 0.15) is 26.3 Å². The molecule has 1 N–H and O–H groups in total. The van der Waals surface area contributed by atoms with Crippen LogP contribution >= 0.6 is 11.6 Å². The van der Waals surface area contributed by atoms with Gasteiger partial charge in [-0.05, 0) is 48.0 Å². The Labute approximate surface area is 222 Å². The van der Waals surface area contributed by atoms with Crippen molar-refractivity contribution in [3.05, 3.63) is 94.5 Å². The van der Waals surface area contributed by atoms with Gasteiger partial charge in [-0.3, -0.25) is 14.5 Å². The standard InChI is InChI=1S/C29H31ClN4O3/c30-24-8-6-23(7-9-24)28(35)31-25-10-11-27(26(20-25)29(36)34-16-18-37-19-17-34)33-14-12-32(13-15-33)21-22-4-2-1-3-5-22/h1-11,20H,12-19,21H2,(H,31,35). The van der Waals surface area contributed by atoms with Gasteiger partial charge in [-0.1, -0.05) is 41.9 Å². The molecule has 8 heteroatoms. The highest BCUT2D eigenvalue weighted by molar-refractivity contribution is 6.30. The van der Waals surface area contributed by atoms with E-state index in [2.05, 4.69) is 39.4 Å². The number of benzene rings is 3. The van der Waals surface area contributed by atoms with Crippen molar-refractivity contribution in [2.24, 2.45) is 0 Å². The third kappa shape index (κ3) is 6.31. The van der Waals surface area contributed by atoms with Crippen molar-refractivity contribution >= 4 is 34.8 Å². The number of nitrogens with zero attached hydrogens (tertiary/aromatic N) is 3. The molecule has 3 aromatic rings. The SMILES string of the molecule is O=C(Nc1ccc(N2CCN(Cc3ccccc3)CC2)c(C(=O)N2CCOCC2)c1)c1ccc(Cl)cc1. The molecule has 37 heavy (non-hydrogen) atoms. The highest BCUT2D eigenvalue weighted by Gasteiger charge is 2.26. The zero-order valence-corrected chi connectivity index (χ0v) is 21.5. The third-order valence-electron chi connectivity index (χ3n) is 6.85. The Morgan fingerprint density at radius 3 is 2.24 bits per heavy atom. The Morgan fingerprint density at radius 1 is 0.838 bits per heavy atom. The van der Waals surface area contributed by atoms with E-state index >= 15 is 0 Å². The Kier molecular flexibility index (Phi) is 8.04. The fourth-order valence-corrected chi connectivity index (χ4v) is 4.92. The summed E-state index contributed by atoms with van der Waals surface area (Å²) >= 11 is 5.96. The number of carbonyl (C=O) groups is 2. The van der Waals surface area contributed by atoms with E-state index < -0.39 is 0 Å². The van der Waals surface area contributed by atoms with Crippen molar-refractivity contribution in [2.45, 2.75) is 6.54 Å². The summed E-state index contributed by atoms with van der Waals surface area (Å²) in [6.07, 6.45) is 0. The largest absolute Gasteiger partial charge is 0.378 e. The van der Waals surface area contributed by atoms with Crippen LogP contribution in [-0.2, 0) is 11.3 Å². The molecule has 3 aromatic carbocycles. The van der Waals surface area contributed by atoms with Gasteiger partial charge in [0, 0.05) is 67.8 Å². The van der Waals surface area contributed by atoms with E-state index in [0.717, 1.165) is 38.4 Å². The summed E-state index contributed by atoms with van der Waals surface area (Å²) in [5, 5.41) is 3.51. The molecule has 0 atom stereocenters. The molecule has 0 aliphatic carbocycles. The molecule has 2 aliphatic heterocycles.